The quantitative estimate of drug-likeness (QED) is 0.389. The molecule has 2 aromatic carbocycles. The van der Waals surface area contributed by atoms with Crippen molar-refractivity contribution in [2.45, 2.75) is 43.7 Å². The molecule has 7 nitrogen and oxygen atoms in total. The van der Waals surface area contributed by atoms with Gasteiger partial charge in [0.2, 0.25) is 0 Å². The molecule has 0 saturated heterocycles. The van der Waals surface area contributed by atoms with Gasteiger partial charge in [0, 0.05) is 40.0 Å². The highest BCUT2D eigenvalue weighted by molar-refractivity contribution is 7.80. The van der Waals surface area contributed by atoms with Crippen molar-refractivity contribution in [2.75, 3.05) is 0 Å². The maximum atomic E-state index is 15.1. The lowest BCUT2D eigenvalue weighted by Crippen LogP contribution is -2.53. The summed E-state index contributed by atoms with van der Waals surface area (Å²) < 4.78 is 15.1. The minimum Gasteiger partial charge on any atom is -0.313 e. The summed E-state index contributed by atoms with van der Waals surface area (Å²) in [5.41, 5.74) is -0.0565. The Kier molecular flexibility index (Phi) is 4.37. The summed E-state index contributed by atoms with van der Waals surface area (Å²) in [4.78, 5) is 21.3. The first-order valence-corrected chi connectivity index (χ1v) is 12.1. The van der Waals surface area contributed by atoms with Crippen LogP contribution in [-0.2, 0) is 4.57 Å². The van der Waals surface area contributed by atoms with Crippen LogP contribution < -0.4 is 10.6 Å². The summed E-state index contributed by atoms with van der Waals surface area (Å²) in [7, 11) is -3.17. The van der Waals surface area contributed by atoms with Crippen molar-refractivity contribution < 1.29 is 14.4 Å². The number of nitro groups is 2. The van der Waals surface area contributed by atoms with Crippen LogP contribution in [-0.4, -0.2) is 15.0 Å². The van der Waals surface area contributed by atoms with Gasteiger partial charge < -0.3 is 4.57 Å². The molecule has 0 heterocycles. The molecule has 156 valence electrons. The standard InChI is InChI=1S/C22H23N2O5P/c25-23(26)18-1-5-20(6-2-18)30(29,21-7-3-19(4-8-21)24(27)28)22-12-15-9-16(13-22)11-17(10-15)14-22/h1-8,15-17H,9-14H2. The van der Waals surface area contributed by atoms with Crippen molar-refractivity contribution in [1.29, 1.82) is 0 Å². The minimum atomic E-state index is -3.17. The van der Waals surface area contributed by atoms with E-state index in [1.807, 2.05) is 0 Å². The molecule has 2 aromatic rings. The van der Waals surface area contributed by atoms with Gasteiger partial charge in [-0.3, -0.25) is 20.2 Å². The normalized spacial score (nSPS) is 29.7. The summed E-state index contributed by atoms with van der Waals surface area (Å²) in [6.07, 6.45) is 6.35. The predicted molar refractivity (Wildman–Crippen MR) is 114 cm³/mol. The number of hydrogen-bond acceptors (Lipinski definition) is 5. The number of benzene rings is 2. The fraction of sp³-hybridized carbons (Fsp3) is 0.455. The van der Waals surface area contributed by atoms with Crippen LogP contribution in [0.15, 0.2) is 48.5 Å². The third-order valence-electron chi connectivity index (χ3n) is 7.52. The smallest absolute Gasteiger partial charge is 0.269 e. The molecule has 0 aromatic heterocycles. The Morgan fingerprint density at radius 1 is 0.700 bits per heavy atom. The molecule has 0 N–H and O–H groups in total. The van der Waals surface area contributed by atoms with Crippen molar-refractivity contribution >= 4 is 29.1 Å². The average molecular weight is 426 g/mol. The molecule has 8 heteroatoms. The molecular formula is C22H23N2O5P. The van der Waals surface area contributed by atoms with Gasteiger partial charge in [-0.15, -0.1) is 0 Å². The highest BCUT2D eigenvalue weighted by Gasteiger charge is 2.60. The largest absolute Gasteiger partial charge is 0.313 e. The minimum absolute atomic E-state index is 0.0282. The van der Waals surface area contributed by atoms with Gasteiger partial charge in [0.05, 0.1) is 9.85 Å². The zero-order valence-corrected chi connectivity index (χ0v) is 17.4. The molecule has 0 amide bonds. The first-order chi connectivity index (χ1) is 14.3. The first kappa shape index (κ1) is 19.4. The second-order valence-electron chi connectivity index (χ2n) is 9.30. The van der Waals surface area contributed by atoms with Gasteiger partial charge in [-0.05, 0) is 80.5 Å². The lowest BCUT2D eigenvalue weighted by molar-refractivity contribution is -0.385. The Morgan fingerprint density at radius 3 is 1.33 bits per heavy atom. The summed E-state index contributed by atoms with van der Waals surface area (Å²) in [6.45, 7) is 0. The van der Waals surface area contributed by atoms with E-state index in [-0.39, 0.29) is 16.5 Å². The Morgan fingerprint density at radius 2 is 1.03 bits per heavy atom. The van der Waals surface area contributed by atoms with Crippen LogP contribution in [0.5, 0.6) is 0 Å². The second-order valence-corrected chi connectivity index (χ2v) is 12.5. The van der Waals surface area contributed by atoms with Gasteiger partial charge in [0.25, 0.3) is 11.4 Å². The number of nitrogens with zero attached hydrogens (tertiary/aromatic N) is 2. The fourth-order valence-electron chi connectivity index (χ4n) is 6.72. The van der Waals surface area contributed by atoms with E-state index in [4.69, 9.17) is 0 Å². The van der Waals surface area contributed by atoms with Gasteiger partial charge in [-0.25, -0.2) is 0 Å². The highest BCUT2D eigenvalue weighted by atomic mass is 31.2. The van der Waals surface area contributed by atoms with E-state index in [1.54, 1.807) is 24.3 Å². The molecule has 4 fully saturated rings. The zero-order chi connectivity index (χ0) is 21.1. The van der Waals surface area contributed by atoms with Crippen molar-refractivity contribution in [3.8, 4) is 0 Å². The molecule has 0 radical (unpaired) electrons. The summed E-state index contributed by atoms with van der Waals surface area (Å²) >= 11 is 0. The van der Waals surface area contributed by atoms with E-state index in [0.29, 0.717) is 28.4 Å². The molecular weight excluding hydrogens is 403 g/mol. The summed E-state index contributed by atoms with van der Waals surface area (Å²) in [6, 6.07) is 12.2. The zero-order valence-electron chi connectivity index (χ0n) is 16.5. The van der Waals surface area contributed by atoms with Crippen molar-refractivity contribution in [3.05, 3.63) is 68.8 Å². The maximum absolute atomic E-state index is 15.1. The fourth-order valence-corrected chi connectivity index (χ4v) is 10.8. The Bertz CT molecular complexity index is 967. The van der Waals surface area contributed by atoms with Crippen molar-refractivity contribution in [2.24, 2.45) is 17.8 Å². The van der Waals surface area contributed by atoms with E-state index >= 15 is 4.57 Å². The van der Waals surface area contributed by atoms with E-state index in [1.165, 1.54) is 43.5 Å². The lowest BCUT2D eigenvalue weighted by Gasteiger charge is -2.59. The molecule has 4 saturated carbocycles. The number of non-ortho nitro benzene ring substituents is 2. The Balaban J connectivity index is 1.67. The van der Waals surface area contributed by atoms with Gasteiger partial charge in [0.1, 0.15) is 7.14 Å². The maximum Gasteiger partial charge on any atom is 0.269 e. The Hall–Kier alpha value is -2.53. The molecule has 4 aliphatic rings. The number of rotatable bonds is 5. The molecule has 4 bridgehead atoms. The highest BCUT2D eigenvalue weighted by Crippen LogP contribution is 2.71. The van der Waals surface area contributed by atoms with Gasteiger partial charge in [0.15, 0.2) is 0 Å². The van der Waals surface area contributed by atoms with Crippen molar-refractivity contribution in [3.63, 3.8) is 0 Å². The molecule has 0 aliphatic heterocycles. The van der Waals surface area contributed by atoms with E-state index in [9.17, 15) is 20.2 Å². The second kappa shape index (κ2) is 6.74. The van der Waals surface area contributed by atoms with Crippen molar-refractivity contribution in [1.82, 2.24) is 0 Å². The summed E-state index contributed by atoms with van der Waals surface area (Å²) in [5, 5.41) is 23.2. The van der Waals surface area contributed by atoms with E-state index in [0.717, 1.165) is 19.3 Å². The van der Waals surface area contributed by atoms with Crippen LogP contribution in [0.25, 0.3) is 0 Å². The third-order valence-corrected chi connectivity index (χ3v) is 11.5. The van der Waals surface area contributed by atoms with Crippen LogP contribution in [0.4, 0.5) is 11.4 Å². The van der Waals surface area contributed by atoms with Crippen LogP contribution in [0.2, 0.25) is 0 Å². The number of hydrogen-bond donors (Lipinski definition) is 0. The van der Waals surface area contributed by atoms with E-state index < -0.39 is 17.0 Å². The van der Waals surface area contributed by atoms with Gasteiger partial charge >= 0.3 is 0 Å². The Labute approximate surface area is 174 Å². The van der Waals surface area contributed by atoms with Crippen LogP contribution in [0.3, 0.4) is 0 Å². The molecule has 0 unspecified atom stereocenters. The molecule has 30 heavy (non-hydrogen) atoms. The molecule has 0 spiro atoms. The van der Waals surface area contributed by atoms with Crippen LogP contribution >= 0.6 is 7.14 Å². The average Bonchev–Trinajstić information content (AvgIpc) is 2.72. The lowest BCUT2D eigenvalue weighted by atomic mass is 9.56. The molecule has 0 atom stereocenters. The van der Waals surface area contributed by atoms with Gasteiger partial charge in [-0.2, -0.15) is 0 Å². The summed E-state index contributed by atoms with van der Waals surface area (Å²) in [5.74, 6) is 1.75. The monoisotopic (exact) mass is 426 g/mol. The van der Waals surface area contributed by atoms with Crippen LogP contribution in [0.1, 0.15) is 38.5 Å². The third kappa shape index (κ3) is 2.83. The molecule has 4 aliphatic carbocycles. The van der Waals surface area contributed by atoms with Gasteiger partial charge in [-0.1, -0.05) is 0 Å². The van der Waals surface area contributed by atoms with Crippen LogP contribution in [0, 0.1) is 38.0 Å². The number of nitro benzene ring substituents is 2. The molecule has 6 rings (SSSR count). The topological polar surface area (TPSA) is 103 Å². The van der Waals surface area contributed by atoms with E-state index in [2.05, 4.69) is 0 Å². The SMILES string of the molecule is O=[N+]([O-])c1ccc(P(=O)(c2ccc([N+](=O)[O-])cc2)C23CC4CC(CC(C4)C2)C3)cc1. The first-order valence-electron chi connectivity index (χ1n) is 10.4. The predicted octanol–water partition coefficient (Wildman–Crippen LogP) is 4.79.